The number of rotatable bonds is 1. The summed E-state index contributed by atoms with van der Waals surface area (Å²) in [4.78, 5) is 4.03. The second-order valence-corrected chi connectivity index (χ2v) is 2.62. The molecule has 0 aliphatic rings. The van der Waals surface area contributed by atoms with E-state index < -0.39 is 0 Å². The van der Waals surface area contributed by atoms with Gasteiger partial charge in [0, 0.05) is 17.3 Å². The van der Waals surface area contributed by atoms with Gasteiger partial charge in [-0.2, -0.15) is 0 Å². The lowest BCUT2D eigenvalue weighted by Crippen LogP contribution is -2.06. The van der Waals surface area contributed by atoms with E-state index >= 15 is 0 Å². The zero-order chi connectivity index (χ0) is 7.56. The first-order chi connectivity index (χ1) is 4.70. The van der Waals surface area contributed by atoms with E-state index in [9.17, 15) is 0 Å². The van der Waals surface area contributed by atoms with Crippen molar-refractivity contribution < 1.29 is 0 Å². The fraction of sp³-hybridized carbons (Fsp3) is 0.286. The summed E-state index contributed by atoms with van der Waals surface area (Å²) in [7, 11) is 0. The van der Waals surface area contributed by atoms with E-state index in [2.05, 4.69) is 4.98 Å². The Morgan fingerprint density at radius 3 is 2.80 bits per heavy atom. The number of nitrogens with zero attached hydrogens (tertiary/aromatic N) is 1. The Bertz CT molecular complexity index is 223. The van der Waals surface area contributed by atoms with Crippen molar-refractivity contribution in [3.63, 3.8) is 0 Å². The number of aromatic nitrogens is 1. The fourth-order valence-electron chi connectivity index (χ4n) is 0.670. The quantitative estimate of drug-likeness (QED) is 0.673. The summed E-state index contributed by atoms with van der Waals surface area (Å²) in [5.74, 6) is 0. The van der Waals surface area contributed by atoms with Gasteiger partial charge in [-0.25, -0.2) is 0 Å². The predicted octanol–water partition coefficient (Wildman–Crippen LogP) is 1.75. The van der Waals surface area contributed by atoms with Gasteiger partial charge in [0.1, 0.15) is 0 Å². The number of pyridine rings is 1. The second-order valence-electron chi connectivity index (χ2n) is 2.19. The maximum Gasteiger partial charge on any atom is 0.0582 e. The van der Waals surface area contributed by atoms with Crippen LogP contribution in [0.3, 0.4) is 0 Å². The first-order valence-electron chi connectivity index (χ1n) is 3.07. The molecule has 0 bridgehead atoms. The summed E-state index contributed by atoms with van der Waals surface area (Å²) in [6, 6.07) is 3.46. The summed E-state index contributed by atoms with van der Waals surface area (Å²) in [5.41, 5.74) is 6.39. The largest absolute Gasteiger partial charge is 0.323 e. The Hall–Kier alpha value is -0.600. The van der Waals surface area contributed by atoms with Crippen molar-refractivity contribution in [2.45, 2.75) is 13.0 Å². The van der Waals surface area contributed by atoms with Crippen LogP contribution in [0.1, 0.15) is 18.7 Å². The van der Waals surface area contributed by atoms with Crippen molar-refractivity contribution in [3.05, 3.63) is 29.0 Å². The maximum absolute atomic E-state index is 5.69. The lowest BCUT2D eigenvalue weighted by Gasteiger charge is -2.02. The minimum Gasteiger partial charge on any atom is -0.323 e. The molecule has 1 heterocycles. The molecule has 0 saturated carbocycles. The molecule has 1 aromatic heterocycles. The Balaban J connectivity index is 2.96. The zero-order valence-electron chi connectivity index (χ0n) is 5.71. The normalized spacial score (nSPS) is 13.1. The molecule has 1 rings (SSSR count). The summed E-state index contributed by atoms with van der Waals surface area (Å²) in [6.45, 7) is 1.87. The predicted molar refractivity (Wildman–Crippen MR) is 41.8 cm³/mol. The van der Waals surface area contributed by atoms with E-state index in [0.29, 0.717) is 5.02 Å². The van der Waals surface area contributed by atoms with E-state index in [1.54, 1.807) is 18.3 Å². The lowest BCUT2D eigenvalue weighted by atomic mass is 10.2. The van der Waals surface area contributed by atoms with Crippen LogP contribution in [0.25, 0.3) is 0 Å². The average Bonchev–Trinajstić information content (AvgIpc) is 1.88. The smallest absolute Gasteiger partial charge is 0.0582 e. The second kappa shape index (κ2) is 2.99. The van der Waals surface area contributed by atoms with Crippen LogP contribution in [-0.2, 0) is 0 Å². The average molecular weight is 157 g/mol. The zero-order valence-corrected chi connectivity index (χ0v) is 6.47. The van der Waals surface area contributed by atoms with Crippen molar-refractivity contribution in [2.75, 3.05) is 0 Å². The van der Waals surface area contributed by atoms with Crippen LogP contribution in [-0.4, -0.2) is 4.98 Å². The standard InChI is InChI=1S/C7H9ClN2/c1-5(9)7-4-6(8)2-3-10-7/h2-5H,9H2,1H3/t5-/m1/s1. The molecule has 10 heavy (non-hydrogen) atoms. The molecule has 1 aromatic rings. The van der Waals surface area contributed by atoms with Crippen LogP contribution >= 0.6 is 11.6 Å². The van der Waals surface area contributed by atoms with E-state index in [4.69, 9.17) is 17.3 Å². The number of hydrogen-bond donors (Lipinski definition) is 1. The minimum atomic E-state index is -0.0429. The first kappa shape index (κ1) is 7.51. The van der Waals surface area contributed by atoms with Crippen molar-refractivity contribution >= 4 is 11.6 Å². The van der Waals surface area contributed by atoms with Crippen LogP contribution < -0.4 is 5.73 Å². The van der Waals surface area contributed by atoms with Gasteiger partial charge in [-0.05, 0) is 19.1 Å². The Morgan fingerprint density at radius 2 is 2.40 bits per heavy atom. The van der Waals surface area contributed by atoms with Crippen LogP contribution in [0.4, 0.5) is 0 Å². The van der Waals surface area contributed by atoms with E-state index in [1.807, 2.05) is 6.92 Å². The Labute approximate surface area is 65.0 Å². The molecule has 3 heteroatoms. The summed E-state index contributed by atoms with van der Waals surface area (Å²) >= 11 is 5.69. The van der Waals surface area contributed by atoms with Gasteiger partial charge < -0.3 is 5.73 Å². The van der Waals surface area contributed by atoms with Gasteiger partial charge in [-0.15, -0.1) is 0 Å². The van der Waals surface area contributed by atoms with Gasteiger partial charge in [-0.1, -0.05) is 11.6 Å². The molecular formula is C7H9ClN2. The molecule has 2 nitrogen and oxygen atoms in total. The van der Waals surface area contributed by atoms with E-state index in [1.165, 1.54) is 0 Å². The summed E-state index contributed by atoms with van der Waals surface area (Å²) < 4.78 is 0. The third kappa shape index (κ3) is 1.69. The maximum atomic E-state index is 5.69. The van der Waals surface area contributed by atoms with Gasteiger partial charge in [0.05, 0.1) is 5.69 Å². The van der Waals surface area contributed by atoms with Gasteiger partial charge in [0.25, 0.3) is 0 Å². The topological polar surface area (TPSA) is 38.9 Å². The molecule has 0 radical (unpaired) electrons. The lowest BCUT2D eigenvalue weighted by molar-refractivity contribution is 0.781. The molecule has 0 fully saturated rings. The molecule has 0 spiro atoms. The van der Waals surface area contributed by atoms with Crippen LogP contribution in [0.2, 0.25) is 5.02 Å². The van der Waals surface area contributed by atoms with Crippen LogP contribution in [0.15, 0.2) is 18.3 Å². The molecule has 0 aliphatic carbocycles. The van der Waals surface area contributed by atoms with Gasteiger partial charge >= 0.3 is 0 Å². The van der Waals surface area contributed by atoms with Crippen molar-refractivity contribution in [1.29, 1.82) is 0 Å². The van der Waals surface area contributed by atoms with E-state index in [-0.39, 0.29) is 6.04 Å². The molecule has 0 aliphatic heterocycles. The molecule has 0 amide bonds. The molecule has 1 atom stereocenters. The number of halogens is 1. The summed E-state index contributed by atoms with van der Waals surface area (Å²) in [5, 5.41) is 0.683. The summed E-state index contributed by atoms with van der Waals surface area (Å²) in [6.07, 6.45) is 1.65. The third-order valence-electron chi connectivity index (χ3n) is 1.21. The molecule has 2 N–H and O–H groups in total. The highest BCUT2D eigenvalue weighted by atomic mass is 35.5. The monoisotopic (exact) mass is 156 g/mol. The Morgan fingerprint density at radius 1 is 1.70 bits per heavy atom. The van der Waals surface area contributed by atoms with Crippen LogP contribution in [0, 0.1) is 0 Å². The molecule has 0 unspecified atom stereocenters. The van der Waals surface area contributed by atoms with E-state index in [0.717, 1.165) is 5.69 Å². The van der Waals surface area contributed by atoms with Gasteiger partial charge in [0.2, 0.25) is 0 Å². The van der Waals surface area contributed by atoms with Crippen LogP contribution in [0.5, 0.6) is 0 Å². The fourth-order valence-corrected chi connectivity index (χ4v) is 0.838. The van der Waals surface area contributed by atoms with Gasteiger partial charge in [-0.3, -0.25) is 4.98 Å². The van der Waals surface area contributed by atoms with Gasteiger partial charge in [0.15, 0.2) is 0 Å². The minimum absolute atomic E-state index is 0.0429. The number of hydrogen-bond acceptors (Lipinski definition) is 2. The third-order valence-corrected chi connectivity index (χ3v) is 1.44. The highest BCUT2D eigenvalue weighted by Gasteiger charge is 1.99. The first-order valence-corrected chi connectivity index (χ1v) is 3.45. The Kier molecular flexibility index (Phi) is 2.25. The molecule has 0 saturated heterocycles. The van der Waals surface area contributed by atoms with Crippen molar-refractivity contribution in [1.82, 2.24) is 4.98 Å². The van der Waals surface area contributed by atoms with Crippen molar-refractivity contribution in [2.24, 2.45) is 5.73 Å². The van der Waals surface area contributed by atoms with Crippen molar-refractivity contribution in [3.8, 4) is 0 Å². The molecule has 0 aromatic carbocycles. The number of nitrogens with two attached hydrogens (primary N) is 1. The highest BCUT2D eigenvalue weighted by molar-refractivity contribution is 6.30. The molecular weight excluding hydrogens is 148 g/mol. The highest BCUT2D eigenvalue weighted by Crippen LogP contribution is 2.11. The molecule has 54 valence electrons. The SMILES string of the molecule is C[C@@H](N)c1cc(Cl)ccn1.